The number of thiophene rings is 2. The summed E-state index contributed by atoms with van der Waals surface area (Å²) < 4.78 is 5.52. The first kappa shape index (κ1) is 30.1. The minimum Gasteiger partial charge on any atom is -0.135 e. The second-order valence-corrected chi connectivity index (χ2v) is 18.3. The Labute approximate surface area is 300 Å². The highest BCUT2D eigenvalue weighted by molar-refractivity contribution is 7.27. The standard InChI is InChI=1S/C48H38S2/c1-47(2,3)31-23-35-41-37(25-31)45-44(34-22-30(18-20-40(34)49-45)28-15-11-8-12-16-28)36-24-32(48(4,5)6)26-38(42(36)41)46-43(35)33-21-29(17-19-39(33)50-46)27-13-9-7-10-14-27/h7-26H,1-6H3. The normalized spacial score (nSPS) is 13.0. The van der Waals surface area contributed by atoms with Crippen LogP contribution in [0, 0.1) is 0 Å². The van der Waals surface area contributed by atoms with Gasteiger partial charge in [0, 0.05) is 51.1 Å². The molecule has 10 aromatic rings. The van der Waals surface area contributed by atoms with E-state index in [1.807, 2.05) is 22.7 Å². The van der Waals surface area contributed by atoms with E-state index in [9.17, 15) is 0 Å². The number of hydrogen-bond acceptors (Lipinski definition) is 2. The molecule has 10 rings (SSSR count). The summed E-state index contributed by atoms with van der Waals surface area (Å²) in [6.07, 6.45) is 0. The number of hydrogen-bond donors (Lipinski definition) is 0. The number of fused-ring (bicyclic) bond motifs is 10. The molecule has 50 heavy (non-hydrogen) atoms. The quantitative estimate of drug-likeness (QED) is 0.160. The van der Waals surface area contributed by atoms with Crippen LogP contribution in [-0.4, -0.2) is 0 Å². The SMILES string of the molecule is CC(C)(C)c1cc2c3sc4ccc(-c5ccccc5)cc4c3c3cc(C(C)(C)C)cc4c5sc6ccc(-c7ccccc7)cc6c5c(c1)c2c43. The van der Waals surface area contributed by atoms with Crippen LogP contribution in [0.25, 0.3) is 94.9 Å². The molecular formula is C48H38S2. The third-order valence-corrected chi connectivity index (χ3v) is 13.3. The van der Waals surface area contributed by atoms with Crippen LogP contribution < -0.4 is 0 Å². The van der Waals surface area contributed by atoms with Gasteiger partial charge in [-0.05, 0) is 114 Å². The van der Waals surface area contributed by atoms with Crippen LogP contribution in [0.3, 0.4) is 0 Å². The Morgan fingerprint density at radius 1 is 0.340 bits per heavy atom. The van der Waals surface area contributed by atoms with Gasteiger partial charge in [-0.1, -0.05) is 114 Å². The largest absolute Gasteiger partial charge is 0.135 e. The van der Waals surface area contributed by atoms with E-state index in [2.05, 4.69) is 163 Å². The van der Waals surface area contributed by atoms with Crippen LogP contribution in [0.5, 0.6) is 0 Å². The Morgan fingerprint density at radius 2 is 0.720 bits per heavy atom. The summed E-state index contributed by atoms with van der Waals surface area (Å²) in [6.45, 7) is 14.2. The van der Waals surface area contributed by atoms with Gasteiger partial charge in [0.25, 0.3) is 0 Å². The Hall–Kier alpha value is -4.76. The van der Waals surface area contributed by atoms with Gasteiger partial charge in [0.1, 0.15) is 0 Å². The number of rotatable bonds is 2. The van der Waals surface area contributed by atoms with Gasteiger partial charge in [-0.2, -0.15) is 0 Å². The maximum Gasteiger partial charge on any atom is 0.0440 e. The van der Waals surface area contributed by atoms with E-state index >= 15 is 0 Å². The first-order valence-electron chi connectivity index (χ1n) is 17.7. The molecule has 0 radical (unpaired) electrons. The summed E-state index contributed by atoms with van der Waals surface area (Å²) in [5.41, 5.74) is 7.86. The van der Waals surface area contributed by atoms with Crippen molar-refractivity contribution in [2.45, 2.75) is 52.4 Å². The van der Waals surface area contributed by atoms with Crippen molar-refractivity contribution >= 4 is 95.3 Å². The highest BCUT2D eigenvalue weighted by atomic mass is 32.1. The Morgan fingerprint density at radius 3 is 1.10 bits per heavy atom. The molecule has 0 aliphatic heterocycles. The minimum atomic E-state index is 0.000683. The lowest BCUT2D eigenvalue weighted by Crippen LogP contribution is -2.12. The molecule has 0 bridgehead atoms. The lowest BCUT2D eigenvalue weighted by Gasteiger charge is -2.25. The van der Waals surface area contributed by atoms with Gasteiger partial charge < -0.3 is 0 Å². The predicted octanol–water partition coefficient (Wildman–Crippen LogP) is 15.2. The molecule has 0 atom stereocenters. The van der Waals surface area contributed by atoms with Crippen LogP contribution >= 0.6 is 22.7 Å². The van der Waals surface area contributed by atoms with Gasteiger partial charge in [-0.25, -0.2) is 0 Å². The molecule has 0 aliphatic carbocycles. The summed E-state index contributed by atoms with van der Waals surface area (Å²) in [7, 11) is 0. The minimum absolute atomic E-state index is 0.000683. The molecule has 2 aromatic heterocycles. The summed E-state index contributed by atoms with van der Waals surface area (Å²) >= 11 is 3.94. The molecule has 0 N–H and O–H groups in total. The molecule has 0 amide bonds. The van der Waals surface area contributed by atoms with E-state index in [1.165, 1.54) is 106 Å². The summed E-state index contributed by atoms with van der Waals surface area (Å²) in [6, 6.07) is 46.1. The first-order chi connectivity index (χ1) is 24.0. The van der Waals surface area contributed by atoms with Crippen LogP contribution in [0.1, 0.15) is 52.7 Å². The lowest BCUT2D eigenvalue weighted by atomic mass is 9.79. The fourth-order valence-electron chi connectivity index (χ4n) is 8.17. The average Bonchev–Trinajstić information content (AvgIpc) is 3.70. The molecule has 2 heterocycles. The van der Waals surface area contributed by atoms with E-state index in [0.29, 0.717) is 0 Å². The molecule has 0 spiro atoms. The topological polar surface area (TPSA) is 0 Å². The van der Waals surface area contributed by atoms with E-state index in [0.717, 1.165) is 0 Å². The summed E-state index contributed by atoms with van der Waals surface area (Å²) in [5, 5.41) is 14.0. The van der Waals surface area contributed by atoms with Crippen molar-refractivity contribution < 1.29 is 0 Å². The van der Waals surface area contributed by atoms with Gasteiger partial charge >= 0.3 is 0 Å². The van der Waals surface area contributed by atoms with Crippen LogP contribution in [0.15, 0.2) is 121 Å². The fraction of sp³-hybridized carbons (Fsp3) is 0.167. The first-order valence-corrected chi connectivity index (χ1v) is 19.3. The van der Waals surface area contributed by atoms with Crippen molar-refractivity contribution in [1.29, 1.82) is 0 Å². The Bertz CT molecular complexity index is 2750. The highest BCUT2D eigenvalue weighted by Gasteiger charge is 2.27. The Kier molecular flexibility index (Phi) is 6.25. The molecule has 0 nitrogen and oxygen atoms in total. The third-order valence-electron chi connectivity index (χ3n) is 10.9. The zero-order valence-corrected chi connectivity index (χ0v) is 31.0. The fourth-order valence-corrected chi connectivity index (χ4v) is 10.6. The van der Waals surface area contributed by atoms with E-state index in [-0.39, 0.29) is 10.8 Å². The third kappa shape index (κ3) is 4.35. The lowest BCUT2D eigenvalue weighted by molar-refractivity contribution is 0.591. The second kappa shape index (κ2) is 10.4. The average molecular weight is 679 g/mol. The molecule has 0 saturated carbocycles. The van der Waals surface area contributed by atoms with E-state index in [4.69, 9.17) is 0 Å². The van der Waals surface area contributed by atoms with Crippen LogP contribution in [0.4, 0.5) is 0 Å². The monoisotopic (exact) mass is 678 g/mol. The van der Waals surface area contributed by atoms with Crippen molar-refractivity contribution in [3.05, 3.63) is 132 Å². The summed E-state index contributed by atoms with van der Waals surface area (Å²) in [4.78, 5) is 0. The van der Waals surface area contributed by atoms with Crippen molar-refractivity contribution in [3.63, 3.8) is 0 Å². The van der Waals surface area contributed by atoms with Crippen molar-refractivity contribution in [2.24, 2.45) is 0 Å². The van der Waals surface area contributed by atoms with E-state index < -0.39 is 0 Å². The van der Waals surface area contributed by atoms with Gasteiger partial charge in [-0.15, -0.1) is 22.7 Å². The molecule has 242 valence electrons. The summed E-state index contributed by atoms with van der Waals surface area (Å²) in [5.74, 6) is 0. The Balaban J connectivity index is 1.46. The van der Waals surface area contributed by atoms with Crippen molar-refractivity contribution in [1.82, 2.24) is 0 Å². The van der Waals surface area contributed by atoms with Crippen molar-refractivity contribution in [3.8, 4) is 22.3 Å². The molecular weight excluding hydrogens is 641 g/mol. The van der Waals surface area contributed by atoms with Crippen LogP contribution in [-0.2, 0) is 10.8 Å². The predicted molar refractivity (Wildman–Crippen MR) is 224 cm³/mol. The molecule has 0 saturated heterocycles. The maximum absolute atomic E-state index is 2.54. The zero-order chi connectivity index (χ0) is 34.1. The highest BCUT2D eigenvalue weighted by Crippen LogP contribution is 2.54. The molecule has 8 aromatic carbocycles. The zero-order valence-electron chi connectivity index (χ0n) is 29.4. The number of benzene rings is 8. The van der Waals surface area contributed by atoms with Gasteiger partial charge in [-0.3, -0.25) is 0 Å². The maximum atomic E-state index is 2.54. The van der Waals surface area contributed by atoms with Crippen molar-refractivity contribution in [2.75, 3.05) is 0 Å². The molecule has 0 unspecified atom stereocenters. The smallest absolute Gasteiger partial charge is 0.0440 e. The second-order valence-electron chi connectivity index (χ2n) is 16.2. The molecule has 0 fully saturated rings. The van der Waals surface area contributed by atoms with E-state index in [1.54, 1.807) is 0 Å². The van der Waals surface area contributed by atoms with Gasteiger partial charge in [0.2, 0.25) is 0 Å². The van der Waals surface area contributed by atoms with Crippen LogP contribution in [0.2, 0.25) is 0 Å². The van der Waals surface area contributed by atoms with Gasteiger partial charge in [0.05, 0.1) is 0 Å². The molecule has 0 aliphatic rings. The van der Waals surface area contributed by atoms with Gasteiger partial charge in [0.15, 0.2) is 0 Å². The molecule has 2 heteroatoms.